The maximum absolute atomic E-state index is 10.8. The number of carbonyl (C=O) groups excluding carboxylic acids is 1. The summed E-state index contributed by atoms with van der Waals surface area (Å²) in [7, 11) is 0. The van der Waals surface area contributed by atoms with Gasteiger partial charge in [0.2, 0.25) is 0 Å². The minimum atomic E-state index is -0.539. The molecule has 3 N–H and O–H groups in total. The van der Waals surface area contributed by atoms with E-state index in [1.807, 2.05) is 12.3 Å². The van der Waals surface area contributed by atoms with Crippen LogP contribution in [0.4, 0.5) is 4.79 Å². The van der Waals surface area contributed by atoms with Crippen LogP contribution in [0, 0.1) is 0 Å². The maximum atomic E-state index is 10.8. The molecule has 0 heterocycles. The minimum Gasteiger partial charge on any atom is -0.445 e. The van der Waals surface area contributed by atoms with Crippen LogP contribution in [0.3, 0.4) is 0 Å². The molecule has 0 bridgehead atoms. The Balaban J connectivity index is 3.56. The number of hydrazine groups is 1. The lowest BCUT2D eigenvalue weighted by Gasteiger charge is -2.14. The van der Waals surface area contributed by atoms with Gasteiger partial charge in [0, 0.05) is 0 Å². The Morgan fingerprint density at radius 3 is 2.62 bits per heavy atom. The molecule has 0 saturated heterocycles. The van der Waals surface area contributed by atoms with Crippen molar-refractivity contribution in [2.75, 3.05) is 0 Å². The first-order valence-corrected chi connectivity index (χ1v) is 4.91. The van der Waals surface area contributed by atoms with Crippen molar-refractivity contribution in [2.45, 2.75) is 52.1 Å². The normalized spacial score (nSPS) is 12.2. The number of amides is 1. The second-order valence-corrected chi connectivity index (χ2v) is 3.08. The number of nitrogens with one attached hydrogen (secondary N) is 1. The molecule has 78 valence electrons. The highest BCUT2D eigenvalue weighted by atomic mass is 16.6. The van der Waals surface area contributed by atoms with E-state index in [0.29, 0.717) is 0 Å². The highest BCUT2D eigenvalue weighted by Crippen LogP contribution is 2.09. The van der Waals surface area contributed by atoms with E-state index in [0.717, 1.165) is 19.3 Å². The smallest absolute Gasteiger partial charge is 0.421 e. The Kier molecular flexibility index (Phi) is 7.39. The standard InChI is InChI=1S/C9H20N2O2/c1-3-5-6-7-8(4-2)13-9(12)11-10/h8H,3-7,10H2,1-2H3,(H,11,12). The van der Waals surface area contributed by atoms with E-state index < -0.39 is 6.09 Å². The van der Waals surface area contributed by atoms with Crippen LogP contribution >= 0.6 is 0 Å². The van der Waals surface area contributed by atoms with Crippen LogP contribution in [-0.2, 0) is 4.74 Å². The van der Waals surface area contributed by atoms with Gasteiger partial charge < -0.3 is 4.74 Å². The minimum absolute atomic E-state index is 0.00935. The zero-order valence-corrected chi connectivity index (χ0v) is 8.51. The van der Waals surface area contributed by atoms with Crippen LogP contribution in [-0.4, -0.2) is 12.2 Å². The Morgan fingerprint density at radius 1 is 1.46 bits per heavy atom. The van der Waals surface area contributed by atoms with E-state index in [9.17, 15) is 4.79 Å². The molecule has 0 aliphatic heterocycles. The van der Waals surface area contributed by atoms with Crippen LogP contribution in [0.5, 0.6) is 0 Å². The van der Waals surface area contributed by atoms with Crippen molar-refractivity contribution in [2.24, 2.45) is 5.84 Å². The van der Waals surface area contributed by atoms with E-state index in [2.05, 4.69) is 6.92 Å². The quantitative estimate of drug-likeness (QED) is 0.290. The molecule has 1 unspecified atom stereocenters. The molecule has 0 spiro atoms. The maximum Gasteiger partial charge on any atom is 0.421 e. The Bertz CT molecular complexity index is 140. The van der Waals surface area contributed by atoms with Crippen molar-refractivity contribution < 1.29 is 9.53 Å². The van der Waals surface area contributed by atoms with Crippen LogP contribution < -0.4 is 11.3 Å². The van der Waals surface area contributed by atoms with Crippen LogP contribution in [0.15, 0.2) is 0 Å². The fourth-order valence-electron chi connectivity index (χ4n) is 1.15. The molecule has 4 heteroatoms. The van der Waals surface area contributed by atoms with Gasteiger partial charge in [-0.25, -0.2) is 10.6 Å². The van der Waals surface area contributed by atoms with Crippen LogP contribution in [0.2, 0.25) is 0 Å². The first-order valence-electron chi connectivity index (χ1n) is 4.91. The van der Waals surface area contributed by atoms with E-state index in [1.54, 1.807) is 0 Å². The number of hydrogen-bond acceptors (Lipinski definition) is 3. The summed E-state index contributed by atoms with van der Waals surface area (Å²) < 4.78 is 5.02. The van der Waals surface area contributed by atoms with E-state index in [1.165, 1.54) is 12.8 Å². The van der Waals surface area contributed by atoms with Crippen LogP contribution in [0.25, 0.3) is 0 Å². The van der Waals surface area contributed by atoms with Gasteiger partial charge in [0.1, 0.15) is 6.10 Å². The molecule has 1 amide bonds. The molecule has 0 radical (unpaired) electrons. The molecule has 4 nitrogen and oxygen atoms in total. The average Bonchev–Trinajstić information content (AvgIpc) is 2.16. The SMILES string of the molecule is CCCCCC(CC)OC(=O)NN. The molecule has 1 atom stereocenters. The van der Waals surface area contributed by atoms with E-state index >= 15 is 0 Å². The van der Waals surface area contributed by atoms with Crippen molar-refractivity contribution >= 4 is 6.09 Å². The zero-order valence-electron chi connectivity index (χ0n) is 8.51. The average molecular weight is 188 g/mol. The van der Waals surface area contributed by atoms with Gasteiger partial charge in [-0.05, 0) is 19.3 Å². The first-order chi connectivity index (χ1) is 6.24. The summed E-state index contributed by atoms with van der Waals surface area (Å²) in [6.07, 6.45) is 4.71. The van der Waals surface area contributed by atoms with E-state index in [-0.39, 0.29) is 6.10 Å². The summed E-state index contributed by atoms with van der Waals surface area (Å²) in [4.78, 5) is 10.8. The number of unbranched alkanes of at least 4 members (excludes halogenated alkanes) is 2. The Labute approximate surface area is 79.8 Å². The van der Waals surface area contributed by atoms with Gasteiger partial charge in [0.25, 0.3) is 0 Å². The van der Waals surface area contributed by atoms with Crippen molar-refractivity contribution in [1.29, 1.82) is 0 Å². The lowest BCUT2D eigenvalue weighted by molar-refractivity contribution is 0.0887. The van der Waals surface area contributed by atoms with Crippen molar-refractivity contribution in [3.63, 3.8) is 0 Å². The van der Waals surface area contributed by atoms with Crippen molar-refractivity contribution in [3.05, 3.63) is 0 Å². The highest BCUT2D eigenvalue weighted by molar-refractivity contribution is 5.66. The zero-order chi connectivity index (χ0) is 10.1. The topological polar surface area (TPSA) is 64.3 Å². The number of hydrogen-bond donors (Lipinski definition) is 2. The van der Waals surface area contributed by atoms with Gasteiger partial charge in [0.05, 0.1) is 0 Å². The summed E-state index contributed by atoms with van der Waals surface area (Å²) in [6.45, 7) is 4.15. The first kappa shape index (κ1) is 12.2. The number of carbonyl (C=O) groups is 1. The van der Waals surface area contributed by atoms with Gasteiger partial charge in [-0.3, -0.25) is 5.43 Å². The largest absolute Gasteiger partial charge is 0.445 e. The van der Waals surface area contributed by atoms with Gasteiger partial charge >= 0.3 is 6.09 Å². The molecule has 0 aromatic heterocycles. The monoisotopic (exact) mass is 188 g/mol. The molecule has 0 fully saturated rings. The Hall–Kier alpha value is -0.770. The summed E-state index contributed by atoms with van der Waals surface area (Å²) in [5.74, 6) is 4.91. The number of nitrogens with two attached hydrogens (primary N) is 1. The van der Waals surface area contributed by atoms with Gasteiger partial charge in [-0.15, -0.1) is 0 Å². The summed E-state index contributed by atoms with van der Waals surface area (Å²) in [5, 5.41) is 0. The Morgan fingerprint density at radius 2 is 2.15 bits per heavy atom. The third-order valence-electron chi connectivity index (χ3n) is 1.98. The number of ether oxygens (including phenoxy) is 1. The molecule has 0 rings (SSSR count). The van der Waals surface area contributed by atoms with Gasteiger partial charge in [-0.1, -0.05) is 26.7 Å². The highest BCUT2D eigenvalue weighted by Gasteiger charge is 2.10. The van der Waals surface area contributed by atoms with Crippen molar-refractivity contribution in [1.82, 2.24) is 5.43 Å². The van der Waals surface area contributed by atoms with Crippen molar-refractivity contribution in [3.8, 4) is 0 Å². The predicted molar refractivity (Wildman–Crippen MR) is 52.0 cm³/mol. The molecule has 13 heavy (non-hydrogen) atoms. The lowest BCUT2D eigenvalue weighted by atomic mass is 10.1. The molecule has 0 aromatic rings. The van der Waals surface area contributed by atoms with Crippen LogP contribution in [0.1, 0.15) is 46.0 Å². The molecular weight excluding hydrogens is 168 g/mol. The fourth-order valence-corrected chi connectivity index (χ4v) is 1.15. The predicted octanol–water partition coefficient (Wildman–Crippen LogP) is 1.95. The second kappa shape index (κ2) is 7.86. The van der Waals surface area contributed by atoms with E-state index in [4.69, 9.17) is 10.6 Å². The molecule has 0 aliphatic rings. The molecule has 0 aliphatic carbocycles. The summed E-state index contributed by atoms with van der Waals surface area (Å²) in [6, 6.07) is 0. The molecule has 0 aromatic carbocycles. The summed E-state index contributed by atoms with van der Waals surface area (Å²) >= 11 is 0. The lowest BCUT2D eigenvalue weighted by Crippen LogP contribution is -2.33. The van der Waals surface area contributed by atoms with Gasteiger partial charge in [0.15, 0.2) is 0 Å². The molecular formula is C9H20N2O2. The fraction of sp³-hybridized carbons (Fsp3) is 0.889. The number of rotatable bonds is 6. The third kappa shape index (κ3) is 6.40. The second-order valence-electron chi connectivity index (χ2n) is 3.08. The molecule has 0 saturated carbocycles. The third-order valence-corrected chi connectivity index (χ3v) is 1.98. The summed E-state index contributed by atoms with van der Waals surface area (Å²) in [5.41, 5.74) is 1.96. The van der Waals surface area contributed by atoms with Gasteiger partial charge in [-0.2, -0.15) is 0 Å².